The molecular formula is C21H28O4. The second-order valence-electron chi connectivity index (χ2n) is 9.73. The Morgan fingerprint density at radius 1 is 1.12 bits per heavy atom. The van der Waals surface area contributed by atoms with Crippen LogP contribution in [0.4, 0.5) is 0 Å². The topological polar surface area (TPSA) is 48.1 Å². The molecule has 0 aromatic carbocycles. The zero-order valence-electron chi connectivity index (χ0n) is 15.1. The van der Waals surface area contributed by atoms with Crippen LogP contribution in [0.1, 0.15) is 64.7 Å². The molecule has 4 aliphatic carbocycles. The van der Waals surface area contributed by atoms with Gasteiger partial charge < -0.3 is 14.2 Å². The molecule has 0 aromatic heterocycles. The van der Waals surface area contributed by atoms with Gasteiger partial charge >= 0.3 is 0 Å². The van der Waals surface area contributed by atoms with Gasteiger partial charge in [0.25, 0.3) is 0 Å². The van der Waals surface area contributed by atoms with Gasteiger partial charge in [0.1, 0.15) is 17.0 Å². The van der Waals surface area contributed by atoms with E-state index in [1.165, 1.54) is 6.42 Å². The summed E-state index contributed by atoms with van der Waals surface area (Å²) in [6.07, 6.45) is 11.4. The third-order valence-corrected chi connectivity index (χ3v) is 8.52. The number of carbonyl (C=O) groups is 1. The Balaban J connectivity index is 1.34. The standard InChI is InChI=1S/C21H28O4/c1-18-6-5-17-15(16(18)3-2-14(22)12-18)4-7-19-13-20(23-10-11-24-20)8-9-21(17,19)25-19/h5,15-16H,2-4,6-13H2,1H3/t15-,16-,18+,19?,21-/m0/s1. The Morgan fingerprint density at radius 3 is 2.80 bits per heavy atom. The molecule has 2 heterocycles. The molecule has 0 bridgehead atoms. The molecule has 0 N–H and O–H groups in total. The first-order chi connectivity index (χ1) is 12.0. The van der Waals surface area contributed by atoms with Crippen molar-refractivity contribution in [2.45, 2.75) is 81.7 Å². The number of ketones is 1. The Morgan fingerprint density at radius 2 is 1.96 bits per heavy atom. The van der Waals surface area contributed by atoms with Gasteiger partial charge in [0.2, 0.25) is 0 Å². The van der Waals surface area contributed by atoms with E-state index in [1.807, 2.05) is 0 Å². The van der Waals surface area contributed by atoms with Crippen LogP contribution in [0.5, 0.6) is 0 Å². The zero-order chi connectivity index (χ0) is 16.9. The van der Waals surface area contributed by atoms with Crippen LogP contribution >= 0.6 is 0 Å². The van der Waals surface area contributed by atoms with Gasteiger partial charge in [-0.15, -0.1) is 0 Å². The lowest BCUT2D eigenvalue weighted by Crippen LogP contribution is -2.52. The minimum absolute atomic E-state index is 0.0285. The van der Waals surface area contributed by atoms with E-state index >= 15 is 0 Å². The highest BCUT2D eigenvalue weighted by molar-refractivity contribution is 5.80. The smallest absolute Gasteiger partial charge is 0.171 e. The lowest BCUT2D eigenvalue weighted by Gasteiger charge is -2.52. The summed E-state index contributed by atoms with van der Waals surface area (Å²) in [7, 11) is 0. The summed E-state index contributed by atoms with van der Waals surface area (Å²) in [6.45, 7) is 3.80. The fraction of sp³-hybridized carbons (Fsp3) is 0.857. The monoisotopic (exact) mass is 344 g/mol. The fourth-order valence-corrected chi connectivity index (χ4v) is 7.37. The molecule has 0 aromatic rings. The third kappa shape index (κ3) is 1.81. The summed E-state index contributed by atoms with van der Waals surface area (Å²) < 4.78 is 18.6. The van der Waals surface area contributed by atoms with Gasteiger partial charge in [-0.1, -0.05) is 13.0 Å². The maximum atomic E-state index is 12.1. The maximum absolute atomic E-state index is 12.1. The van der Waals surface area contributed by atoms with Crippen LogP contribution in [0.15, 0.2) is 11.6 Å². The van der Waals surface area contributed by atoms with Crippen molar-refractivity contribution in [3.8, 4) is 0 Å². The van der Waals surface area contributed by atoms with Crippen molar-refractivity contribution >= 4 is 5.78 Å². The van der Waals surface area contributed by atoms with Crippen molar-refractivity contribution in [3.05, 3.63) is 11.6 Å². The number of carbonyl (C=O) groups excluding carboxylic acids is 1. The Labute approximate surface area is 149 Å². The summed E-state index contributed by atoms with van der Waals surface area (Å²) in [5.41, 5.74) is 1.71. The number of allylic oxidation sites excluding steroid dienone is 1. The van der Waals surface area contributed by atoms with E-state index in [0.29, 0.717) is 17.6 Å². The summed E-state index contributed by atoms with van der Waals surface area (Å²) >= 11 is 0. The van der Waals surface area contributed by atoms with Crippen molar-refractivity contribution in [1.82, 2.24) is 0 Å². The summed E-state index contributed by atoms with van der Waals surface area (Å²) in [4.78, 5) is 12.1. The van der Waals surface area contributed by atoms with E-state index in [-0.39, 0.29) is 22.4 Å². The predicted octanol–water partition coefficient (Wildman–Crippen LogP) is 3.54. The molecule has 136 valence electrons. The molecule has 3 saturated carbocycles. The van der Waals surface area contributed by atoms with Crippen LogP contribution in [0, 0.1) is 17.3 Å². The highest BCUT2D eigenvalue weighted by Crippen LogP contribution is 2.73. The number of epoxide rings is 1. The van der Waals surface area contributed by atoms with Crippen molar-refractivity contribution in [2.24, 2.45) is 17.3 Å². The molecular weight excluding hydrogens is 316 g/mol. The quantitative estimate of drug-likeness (QED) is 0.498. The minimum Gasteiger partial charge on any atom is -0.358 e. The number of Topliss-reactive ketones (excluding diaryl/α,β-unsaturated/α-hetero) is 1. The van der Waals surface area contributed by atoms with Gasteiger partial charge in [0.05, 0.1) is 13.2 Å². The molecule has 1 spiro atoms. The maximum Gasteiger partial charge on any atom is 0.171 e. The van der Waals surface area contributed by atoms with Gasteiger partial charge in [-0.25, -0.2) is 0 Å². The van der Waals surface area contributed by atoms with E-state index in [1.54, 1.807) is 5.57 Å². The normalized spacial score (nSPS) is 52.7. The third-order valence-electron chi connectivity index (χ3n) is 8.52. The molecule has 2 aliphatic heterocycles. The van der Waals surface area contributed by atoms with Crippen molar-refractivity contribution in [2.75, 3.05) is 13.2 Å². The highest BCUT2D eigenvalue weighted by Gasteiger charge is 2.78. The zero-order valence-corrected chi connectivity index (χ0v) is 15.1. The molecule has 2 saturated heterocycles. The van der Waals surface area contributed by atoms with Crippen LogP contribution in [0.25, 0.3) is 0 Å². The van der Waals surface area contributed by atoms with Crippen LogP contribution < -0.4 is 0 Å². The Hall–Kier alpha value is -0.710. The van der Waals surface area contributed by atoms with Crippen molar-refractivity contribution < 1.29 is 19.0 Å². The SMILES string of the molecule is C[C@]12CC=C3[C@@H](CCC45CC6(CC[C@]34O5)OCCO6)[C@@H]1CCC(=O)C2. The molecule has 0 amide bonds. The van der Waals surface area contributed by atoms with E-state index in [9.17, 15) is 4.79 Å². The average Bonchev–Trinajstić information content (AvgIpc) is 3.07. The Bertz CT molecular complexity index is 677. The lowest BCUT2D eigenvalue weighted by atomic mass is 9.51. The molecule has 25 heavy (non-hydrogen) atoms. The van der Waals surface area contributed by atoms with Crippen molar-refractivity contribution in [3.63, 3.8) is 0 Å². The summed E-state index contributed by atoms with van der Waals surface area (Å²) in [5.74, 6) is 1.39. The molecule has 1 unspecified atom stereocenters. The largest absolute Gasteiger partial charge is 0.358 e. The van der Waals surface area contributed by atoms with Crippen molar-refractivity contribution in [1.29, 1.82) is 0 Å². The number of hydrogen-bond donors (Lipinski definition) is 0. The van der Waals surface area contributed by atoms with Gasteiger partial charge in [-0.3, -0.25) is 4.79 Å². The van der Waals surface area contributed by atoms with E-state index in [4.69, 9.17) is 14.2 Å². The van der Waals surface area contributed by atoms with Gasteiger partial charge in [-0.05, 0) is 54.9 Å². The molecule has 6 aliphatic rings. The molecule has 6 rings (SSSR count). The molecule has 4 heteroatoms. The first-order valence-corrected chi connectivity index (χ1v) is 10.2. The van der Waals surface area contributed by atoms with Crippen LogP contribution in [0.3, 0.4) is 0 Å². The molecule has 5 atom stereocenters. The molecule has 4 nitrogen and oxygen atoms in total. The number of fused-ring (bicyclic) bond motifs is 3. The first-order valence-electron chi connectivity index (χ1n) is 10.2. The van der Waals surface area contributed by atoms with Gasteiger partial charge in [0, 0.05) is 25.7 Å². The second-order valence-corrected chi connectivity index (χ2v) is 9.73. The number of ether oxygens (including phenoxy) is 3. The molecule has 5 fully saturated rings. The first kappa shape index (κ1) is 15.4. The van der Waals surface area contributed by atoms with E-state index in [0.717, 1.165) is 64.6 Å². The van der Waals surface area contributed by atoms with Crippen LogP contribution in [-0.4, -0.2) is 36.0 Å². The second kappa shape index (κ2) is 4.58. The summed E-state index contributed by atoms with van der Waals surface area (Å²) in [5, 5.41) is 0. The average molecular weight is 344 g/mol. The number of rotatable bonds is 0. The van der Waals surface area contributed by atoms with Crippen LogP contribution in [-0.2, 0) is 19.0 Å². The minimum atomic E-state index is -0.367. The highest BCUT2D eigenvalue weighted by atomic mass is 16.7. The predicted molar refractivity (Wildman–Crippen MR) is 90.9 cm³/mol. The Kier molecular flexibility index (Phi) is 2.81. The molecule has 0 radical (unpaired) electrons. The van der Waals surface area contributed by atoms with Crippen LogP contribution in [0.2, 0.25) is 0 Å². The number of hydrogen-bond acceptors (Lipinski definition) is 4. The van der Waals surface area contributed by atoms with Gasteiger partial charge in [-0.2, -0.15) is 0 Å². The van der Waals surface area contributed by atoms with Gasteiger partial charge in [0.15, 0.2) is 5.79 Å². The lowest BCUT2D eigenvalue weighted by molar-refractivity contribution is -0.185. The summed E-state index contributed by atoms with van der Waals surface area (Å²) in [6, 6.07) is 0. The fourth-order valence-electron chi connectivity index (χ4n) is 7.37. The van der Waals surface area contributed by atoms with E-state index in [2.05, 4.69) is 13.0 Å². The van der Waals surface area contributed by atoms with E-state index < -0.39 is 0 Å².